The second kappa shape index (κ2) is 13.8. The number of benzene rings is 2. The van der Waals surface area contributed by atoms with Crippen LogP contribution in [0.5, 0.6) is 0 Å². The van der Waals surface area contributed by atoms with Gasteiger partial charge in [-0.2, -0.15) is 0 Å². The van der Waals surface area contributed by atoms with Crippen LogP contribution in [0.3, 0.4) is 0 Å². The molecule has 4 nitrogen and oxygen atoms in total. The third-order valence-electron chi connectivity index (χ3n) is 6.72. The van der Waals surface area contributed by atoms with Crippen LogP contribution in [-0.2, 0) is 4.79 Å². The molecular formula is C30H39NO3. The first-order valence-corrected chi connectivity index (χ1v) is 13.2. The number of hydrogen-bond acceptors (Lipinski definition) is 3. The van der Waals surface area contributed by atoms with Gasteiger partial charge >= 0.3 is 0 Å². The van der Waals surface area contributed by atoms with Crippen LogP contribution in [0.25, 0.3) is 11.1 Å². The summed E-state index contributed by atoms with van der Waals surface area (Å²) in [5.74, 6) is -1.04. The van der Waals surface area contributed by atoms with Gasteiger partial charge < -0.3 is 5.32 Å². The number of carbonyl (C=O) groups excluding carboxylic acids is 3. The monoisotopic (exact) mass is 461 g/mol. The molecule has 0 heterocycles. The van der Waals surface area contributed by atoms with Crippen molar-refractivity contribution < 1.29 is 14.4 Å². The molecule has 0 unspecified atom stereocenters. The number of nitrogens with one attached hydrogen (secondary N) is 1. The van der Waals surface area contributed by atoms with E-state index in [1.165, 1.54) is 70.6 Å². The van der Waals surface area contributed by atoms with Gasteiger partial charge in [-0.25, -0.2) is 0 Å². The molecule has 0 atom stereocenters. The van der Waals surface area contributed by atoms with E-state index in [4.69, 9.17) is 0 Å². The summed E-state index contributed by atoms with van der Waals surface area (Å²) in [6.07, 6.45) is 17.1. The number of rotatable bonds is 15. The molecular weight excluding hydrogens is 422 g/mol. The van der Waals surface area contributed by atoms with Crippen molar-refractivity contribution in [3.8, 4) is 11.1 Å². The zero-order chi connectivity index (χ0) is 24.2. The van der Waals surface area contributed by atoms with E-state index in [0.717, 1.165) is 24.0 Å². The lowest BCUT2D eigenvalue weighted by atomic mass is 9.84. The van der Waals surface area contributed by atoms with E-state index in [1.54, 1.807) is 24.3 Å². The van der Waals surface area contributed by atoms with Crippen LogP contribution < -0.4 is 5.32 Å². The van der Waals surface area contributed by atoms with E-state index in [9.17, 15) is 14.4 Å². The predicted octanol–water partition coefficient (Wildman–Crippen LogP) is 8.15. The highest BCUT2D eigenvalue weighted by molar-refractivity contribution is 6.53. The van der Waals surface area contributed by atoms with Gasteiger partial charge in [0.2, 0.25) is 17.5 Å². The minimum Gasteiger partial charge on any atom is -0.326 e. The number of fused-ring (bicyclic) bond motifs is 3. The third-order valence-corrected chi connectivity index (χ3v) is 6.72. The third kappa shape index (κ3) is 7.38. The maximum absolute atomic E-state index is 12.6. The SMILES string of the molecule is CCCCCCCCCCCCCCCC(=O)Nc1ccc2c(c1)C(=O)C(=O)c1ccccc1-2. The minimum absolute atomic E-state index is 0.0435. The Bertz CT molecular complexity index is 979. The van der Waals surface area contributed by atoms with Gasteiger partial charge in [0.25, 0.3) is 0 Å². The molecule has 1 amide bonds. The maximum Gasteiger partial charge on any atom is 0.234 e. The molecule has 0 fully saturated rings. The van der Waals surface area contributed by atoms with Crippen molar-refractivity contribution in [2.75, 3.05) is 5.32 Å². The first kappa shape index (κ1) is 25.9. The second-order valence-electron chi connectivity index (χ2n) is 9.51. The number of amides is 1. The molecule has 0 saturated heterocycles. The summed E-state index contributed by atoms with van der Waals surface area (Å²) in [5, 5.41) is 2.89. The van der Waals surface area contributed by atoms with E-state index in [2.05, 4.69) is 12.2 Å². The Hall–Kier alpha value is -2.75. The molecule has 0 aliphatic heterocycles. The molecule has 1 N–H and O–H groups in total. The molecule has 0 saturated carbocycles. The normalized spacial score (nSPS) is 12.4. The molecule has 0 bridgehead atoms. The van der Waals surface area contributed by atoms with Crippen LogP contribution in [0.2, 0.25) is 0 Å². The Labute approximate surface area is 204 Å². The van der Waals surface area contributed by atoms with Gasteiger partial charge in [-0.3, -0.25) is 14.4 Å². The highest BCUT2D eigenvalue weighted by Crippen LogP contribution is 2.34. The lowest BCUT2D eigenvalue weighted by Crippen LogP contribution is -2.21. The van der Waals surface area contributed by atoms with Crippen molar-refractivity contribution in [2.45, 2.75) is 96.8 Å². The van der Waals surface area contributed by atoms with Crippen molar-refractivity contribution in [3.05, 3.63) is 53.6 Å². The molecule has 182 valence electrons. The molecule has 0 radical (unpaired) electrons. The number of carbonyl (C=O) groups is 3. The van der Waals surface area contributed by atoms with E-state index >= 15 is 0 Å². The molecule has 3 rings (SSSR count). The number of unbranched alkanes of at least 4 members (excludes halogenated alkanes) is 12. The number of Topliss-reactive ketones (excluding diaryl/α,β-unsaturated/α-hetero) is 2. The van der Waals surface area contributed by atoms with E-state index in [-0.39, 0.29) is 5.91 Å². The zero-order valence-electron chi connectivity index (χ0n) is 20.7. The van der Waals surface area contributed by atoms with Crippen molar-refractivity contribution >= 4 is 23.2 Å². The Kier molecular flexibility index (Phi) is 10.5. The summed E-state index contributed by atoms with van der Waals surface area (Å²) >= 11 is 0. The highest BCUT2D eigenvalue weighted by Gasteiger charge is 2.30. The maximum atomic E-state index is 12.6. The van der Waals surface area contributed by atoms with Gasteiger partial charge in [0.05, 0.1) is 0 Å². The molecule has 34 heavy (non-hydrogen) atoms. The first-order chi connectivity index (χ1) is 16.6. The van der Waals surface area contributed by atoms with Crippen LogP contribution in [0.4, 0.5) is 5.69 Å². The smallest absolute Gasteiger partial charge is 0.234 e. The average molecular weight is 462 g/mol. The van der Waals surface area contributed by atoms with Crippen LogP contribution in [0.1, 0.15) is 118 Å². The molecule has 1 aliphatic rings. The van der Waals surface area contributed by atoms with E-state index in [1.807, 2.05) is 18.2 Å². The summed E-state index contributed by atoms with van der Waals surface area (Å²) < 4.78 is 0. The minimum atomic E-state index is -0.513. The lowest BCUT2D eigenvalue weighted by molar-refractivity contribution is -0.116. The fourth-order valence-electron chi connectivity index (χ4n) is 4.73. The Morgan fingerprint density at radius 1 is 0.618 bits per heavy atom. The molecule has 0 spiro atoms. The van der Waals surface area contributed by atoms with Gasteiger partial charge in [-0.15, -0.1) is 0 Å². The van der Waals surface area contributed by atoms with Gasteiger partial charge in [0.1, 0.15) is 0 Å². The first-order valence-electron chi connectivity index (χ1n) is 13.2. The number of hydrogen-bond donors (Lipinski definition) is 1. The van der Waals surface area contributed by atoms with Crippen molar-refractivity contribution in [3.63, 3.8) is 0 Å². The second-order valence-corrected chi connectivity index (χ2v) is 9.51. The van der Waals surface area contributed by atoms with Gasteiger partial charge in [-0.05, 0) is 29.7 Å². The summed E-state index contributed by atoms with van der Waals surface area (Å²) in [5.41, 5.74) is 2.89. The predicted molar refractivity (Wildman–Crippen MR) is 139 cm³/mol. The fourth-order valence-corrected chi connectivity index (χ4v) is 4.73. The summed E-state index contributed by atoms with van der Waals surface area (Å²) in [6.45, 7) is 2.26. The quantitative estimate of drug-likeness (QED) is 0.215. The Morgan fingerprint density at radius 2 is 1.12 bits per heavy atom. The Balaban J connectivity index is 1.32. The van der Waals surface area contributed by atoms with Gasteiger partial charge in [0, 0.05) is 23.2 Å². The van der Waals surface area contributed by atoms with E-state index in [0.29, 0.717) is 23.2 Å². The zero-order valence-corrected chi connectivity index (χ0v) is 20.7. The molecule has 0 aromatic heterocycles. The van der Waals surface area contributed by atoms with Crippen LogP contribution in [0, 0.1) is 0 Å². The standard InChI is InChI=1S/C30H39NO3/c1-2-3-4-5-6-7-8-9-10-11-12-13-14-19-28(32)31-23-20-21-25-24-17-15-16-18-26(24)29(33)30(34)27(25)22-23/h15-18,20-22H,2-14,19H2,1H3,(H,31,32). The number of ketones is 2. The average Bonchev–Trinajstić information content (AvgIpc) is 2.85. The summed E-state index contributed by atoms with van der Waals surface area (Å²) in [6, 6.07) is 12.4. The van der Waals surface area contributed by atoms with Crippen molar-refractivity contribution in [1.29, 1.82) is 0 Å². The van der Waals surface area contributed by atoms with Crippen molar-refractivity contribution in [2.24, 2.45) is 0 Å². The van der Waals surface area contributed by atoms with Gasteiger partial charge in [-0.1, -0.05) is 114 Å². The van der Waals surface area contributed by atoms with Crippen LogP contribution in [0.15, 0.2) is 42.5 Å². The molecule has 2 aromatic carbocycles. The fraction of sp³-hybridized carbons (Fsp3) is 0.500. The topological polar surface area (TPSA) is 63.2 Å². The van der Waals surface area contributed by atoms with Crippen molar-refractivity contribution in [1.82, 2.24) is 0 Å². The summed E-state index contributed by atoms with van der Waals surface area (Å²) in [7, 11) is 0. The Morgan fingerprint density at radius 3 is 1.74 bits per heavy atom. The largest absolute Gasteiger partial charge is 0.326 e. The number of anilines is 1. The van der Waals surface area contributed by atoms with Crippen LogP contribution in [-0.4, -0.2) is 17.5 Å². The molecule has 2 aromatic rings. The highest BCUT2D eigenvalue weighted by atomic mass is 16.2. The molecule has 1 aliphatic carbocycles. The van der Waals surface area contributed by atoms with Gasteiger partial charge in [0.15, 0.2) is 0 Å². The van der Waals surface area contributed by atoms with Crippen LogP contribution >= 0.6 is 0 Å². The lowest BCUT2D eigenvalue weighted by Gasteiger charge is -2.18. The molecule has 4 heteroatoms. The summed E-state index contributed by atoms with van der Waals surface area (Å²) in [4.78, 5) is 37.4. The van der Waals surface area contributed by atoms with E-state index < -0.39 is 11.6 Å².